The van der Waals surface area contributed by atoms with Crippen molar-refractivity contribution in [2.24, 2.45) is 13.0 Å². The number of nitrogens with zero attached hydrogens (tertiary/aromatic N) is 2. The maximum atomic E-state index is 12.2. The summed E-state index contributed by atoms with van der Waals surface area (Å²) in [6, 6.07) is 5.64. The van der Waals surface area contributed by atoms with Crippen LogP contribution in [0.3, 0.4) is 0 Å². The molecule has 0 N–H and O–H groups in total. The van der Waals surface area contributed by atoms with Crippen molar-refractivity contribution in [1.82, 2.24) is 9.78 Å². The van der Waals surface area contributed by atoms with E-state index in [1.165, 1.54) is 0 Å². The van der Waals surface area contributed by atoms with Crippen LogP contribution in [0, 0.1) is 5.92 Å². The van der Waals surface area contributed by atoms with Crippen LogP contribution in [0.25, 0.3) is 0 Å². The monoisotopic (exact) mass is 314 g/mol. The fraction of sp³-hybridized carbons (Fsp3) is 0.412. The lowest BCUT2D eigenvalue weighted by Crippen LogP contribution is -2.17. The predicted molar refractivity (Wildman–Crippen MR) is 81.3 cm³/mol. The molecule has 1 aromatic carbocycles. The number of hydrogen-bond donors (Lipinski definition) is 0. The van der Waals surface area contributed by atoms with Gasteiger partial charge >= 0.3 is 5.97 Å². The second-order valence-corrected chi connectivity index (χ2v) is 5.95. The Hall–Kier alpha value is -2.50. The van der Waals surface area contributed by atoms with Crippen LogP contribution in [-0.2, 0) is 23.2 Å². The third-order valence-electron chi connectivity index (χ3n) is 4.26. The zero-order valence-corrected chi connectivity index (χ0v) is 12.9. The number of para-hydroxylation sites is 1. The van der Waals surface area contributed by atoms with Gasteiger partial charge < -0.3 is 14.2 Å². The molecule has 1 fully saturated rings. The minimum Gasteiger partial charge on any atom is -0.486 e. The van der Waals surface area contributed by atoms with E-state index in [1.54, 1.807) is 4.68 Å². The molecular weight excluding hydrogens is 296 g/mol. The van der Waals surface area contributed by atoms with Crippen molar-refractivity contribution in [3.8, 4) is 11.5 Å². The van der Waals surface area contributed by atoms with Crippen molar-refractivity contribution >= 4 is 5.97 Å². The molecule has 6 nitrogen and oxygen atoms in total. The minimum atomic E-state index is -0.159. The van der Waals surface area contributed by atoms with Gasteiger partial charge in [0.15, 0.2) is 11.5 Å². The quantitative estimate of drug-likeness (QED) is 0.808. The molecule has 0 radical (unpaired) electrons. The van der Waals surface area contributed by atoms with Gasteiger partial charge in [-0.1, -0.05) is 12.1 Å². The molecule has 2 heterocycles. The van der Waals surface area contributed by atoms with Crippen LogP contribution in [-0.4, -0.2) is 29.0 Å². The molecule has 0 bridgehead atoms. The number of hydrogen-bond acceptors (Lipinski definition) is 5. The van der Waals surface area contributed by atoms with E-state index in [1.807, 2.05) is 37.6 Å². The SMILES string of the molecule is Cn1cc([C@@H]2C[C@@H]2C(=O)OCc2cccc3c2OCCO3)cn1. The second-order valence-electron chi connectivity index (χ2n) is 5.95. The van der Waals surface area contributed by atoms with Gasteiger partial charge in [-0.05, 0) is 18.1 Å². The molecule has 2 aromatic rings. The first-order valence-corrected chi connectivity index (χ1v) is 7.75. The topological polar surface area (TPSA) is 62.6 Å². The highest BCUT2D eigenvalue weighted by Crippen LogP contribution is 2.48. The lowest BCUT2D eigenvalue weighted by Gasteiger charge is -2.20. The number of aryl methyl sites for hydroxylation is 1. The highest BCUT2D eigenvalue weighted by atomic mass is 16.6. The smallest absolute Gasteiger partial charge is 0.309 e. The first-order chi connectivity index (χ1) is 11.2. The summed E-state index contributed by atoms with van der Waals surface area (Å²) >= 11 is 0. The average Bonchev–Trinajstić information content (AvgIpc) is 3.27. The normalized spacial score (nSPS) is 21.8. The molecule has 0 saturated heterocycles. The van der Waals surface area contributed by atoms with Gasteiger partial charge in [0.25, 0.3) is 0 Å². The molecule has 0 spiro atoms. The van der Waals surface area contributed by atoms with Crippen LogP contribution in [0.5, 0.6) is 11.5 Å². The average molecular weight is 314 g/mol. The van der Waals surface area contributed by atoms with Crippen molar-refractivity contribution in [2.45, 2.75) is 18.9 Å². The first-order valence-electron chi connectivity index (χ1n) is 7.75. The third-order valence-corrected chi connectivity index (χ3v) is 4.26. The minimum absolute atomic E-state index is 0.0593. The highest BCUT2D eigenvalue weighted by Gasteiger charge is 2.45. The van der Waals surface area contributed by atoms with Crippen molar-refractivity contribution in [1.29, 1.82) is 0 Å². The molecule has 6 heteroatoms. The fourth-order valence-corrected chi connectivity index (χ4v) is 2.96. The predicted octanol–water partition coefficient (Wildman–Crippen LogP) is 2.04. The number of benzene rings is 1. The van der Waals surface area contributed by atoms with Crippen molar-refractivity contribution in [3.63, 3.8) is 0 Å². The molecule has 4 rings (SSSR count). The summed E-state index contributed by atoms with van der Waals surface area (Å²) in [5, 5.41) is 4.15. The molecule has 120 valence electrons. The van der Waals surface area contributed by atoms with Gasteiger partial charge in [0.2, 0.25) is 0 Å². The maximum absolute atomic E-state index is 12.2. The fourth-order valence-electron chi connectivity index (χ4n) is 2.96. The molecule has 2 aliphatic rings. The number of carbonyl (C=O) groups excluding carboxylic acids is 1. The van der Waals surface area contributed by atoms with E-state index in [0.717, 1.165) is 17.5 Å². The molecular formula is C17H18N2O4. The molecule has 1 aliphatic heterocycles. The Morgan fingerprint density at radius 1 is 1.39 bits per heavy atom. The van der Waals surface area contributed by atoms with Gasteiger partial charge in [0.1, 0.15) is 19.8 Å². The third kappa shape index (κ3) is 2.76. The Balaban J connectivity index is 1.38. The molecule has 0 amide bonds. The lowest BCUT2D eigenvalue weighted by molar-refractivity contribution is -0.146. The molecule has 1 aromatic heterocycles. The number of carbonyl (C=O) groups is 1. The van der Waals surface area contributed by atoms with E-state index in [0.29, 0.717) is 24.7 Å². The summed E-state index contributed by atoms with van der Waals surface area (Å²) in [6.45, 7) is 1.27. The van der Waals surface area contributed by atoms with Gasteiger partial charge in [-0.2, -0.15) is 5.10 Å². The van der Waals surface area contributed by atoms with E-state index < -0.39 is 0 Å². The van der Waals surface area contributed by atoms with E-state index >= 15 is 0 Å². The lowest BCUT2D eigenvalue weighted by atomic mass is 10.2. The molecule has 0 unspecified atom stereocenters. The van der Waals surface area contributed by atoms with Gasteiger partial charge in [0.05, 0.1) is 12.1 Å². The van der Waals surface area contributed by atoms with Crippen LogP contribution < -0.4 is 9.47 Å². The number of fused-ring (bicyclic) bond motifs is 1. The van der Waals surface area contributed by atoms with Gasteiger partial charge in [0, 0.05) is 24.7 Å². The molecule has 23 heavy (non-hydrogen) atoms. The molecule has 1 saturated carbocycles. The standard InChI is InChI=1S/C17H18N2O4/c1-19-9-12(8-18-19)13-7-14(13)17(20)23-10-11-3-2-4-15-16(11)22-6-5-21-15/h2-4,8-9,13-14H,5-7,10H2,1H3/t13-,14-/m0/s1. The Labute approximate surface area is 134 Å². The van der Waals surface area contributed by atoms with Crippen LogP contribution in [0.4, 0.5) is 0 Å². The Bertz CT molecular complexity index is 740. The maximum Gasteiger partial charge on any atom is 0.309 e. The summed E-state index contributed by atoms with van der Waals surface area (Å²) in [5.74, 6) is 1.42. The number of esters is 1. The van der Waals surface area contributed by atoms with Crippen LogP contribution in [0.15, 0.2) is 30.6 Å². The van der Waals surface area contributed by atoms with E-state index in [-0.39, 0.29) is 24.4 Å². The van der Waals surface area contributed by atoms with Gasteiger partial charge in [-0.3, -0.25) is 9.48 Å². The summed E-state index contributed by atoms with van der Waals surface area (Å²) in [7, 11) is 1.87. The van der Waals surface area contributed by atoms with Crippen LogP contribution in [0.1, 0.15) is 23.5 Å². The van der Waals surface area contributed by atoms with Crippen molar-refractivity contribution in [2.75, 3.05) is 13.2 Å². The Kier molecular flexibility index (Phi) is 3.44. The van der Waals surface area contributed by atoms with E-state index in [2.05, 4.69) is 5.10 Å². The zero-order valence-electron chi connectivity index (χ0n) is 12.9. The number of ether oxygens (including phenoxy) is 3. The number of rotatable bonds is 4. The van der Waals surface area contributed by atoms with Crippen molar-refractivity contribution in [3.05, 3.63) is 41.7 Å². The molecule has 1 aliphatic carbocycles. The highest BCUT2D eigenvalue weighted by molar-refractivity contribution is 5.77. The summed E-state index contributed by atoms with van der Waals surface area (Å²) in [4.78, 5) is 12.2. The summed E-state index contributed by atoms with van der Waals surface area (Å²) < 4.78 is 18.4. The summed E-state index contributed by atoms with van der Waals surface area (Å²) in [5.41, 5.74) is 1.94. The van der Waals surface area contributed by atoms with Crippen LogP contribution >= 0.6 is 0 Å². The molecule has 2 atom stereocenters. The van der Waals surface area contributed by atoms with E-state index in [4.69, 9.17) is 14.2 Å². The Morgan fingerprint density at radius 2 is 2.26 bits per heavy atom. The zero-order chi connectivity index (χ0) is 15.8. The van der Waals surface area contributed by atoms with Gasteiger partial charge in [-0.15, -0.1) is 0 Å². The second kappa shape index (κ2) is 5.61. The van der Waals surface area contributed by atoms with E-state index in [9.17, 15) is 4.79 Å². The van der Waals surface area contributed by atoms with Crippen LogP contribution in [0.2, 0.25) is 0 Å². The van der Waals surface area contributed by atoms with Gasteiger partial charge in [-0.25, -0.2) is 0 Å². The largest absolute Gasteiger partial charge is 0.486 e. The number of aromatic nitrogens is 2. The summed E-state index contributed by atoms with van der Waals surface area (Å²) in [6.07, 6.45) is 4.60. The first kappa shape index (κ1) is 14.1. The Morgan fingerprint density at radius 3 is 3.09 bits per heavy atom. The van der Waals surface area contributed by atoms with Crippen molar-refractivity contribution < 1.29 is 19.0 Å².